The molecule has 0 bridgehead atoms. The van der Waals surface area contributed by atoms with Crippen LogP contribution in [0.4, 0.5) is 0 Å². The maximum atomic E-state index is 11.2. The number of carbonyl (C=O) groups is 1. The molecule has 0 aliphatic carbocycles. The van der Waals surface area contributed by atoms with Gasteiger partial charge >= 0.3 is 0 Å². The smallest absolute Gasteiger partial charge is 0.221 e. The Bertz CT molecular complexity index is 392. The Morgan fingerprint density at radius 1 is 1.33 bits per heavy atom. The average Bonchev–Trinajstić information content (AvgIpc) is 2.25. The number of benzene rings is 1. The van der Waals surface area contributed by atoms with Crippen LogP contribution >= 0.6 is 34.8 Å². The Hall–Kier alpha value is -0.640. The predicted molar refractivity (Wildman–Crippen MR) is 74.9 cm³/mol. The maximum absolute atomic E-state index is 11.2. The number of carbonyl (C=O) groups excluding carboxylic acids is 1. The quantitative estimate of drug-likeness (QED) is 0.817. The van der Waals surface area contributed by atoms with Gasteiger partial charge in [0.05, 0.1) is 6.54 Å². The standard InChI is InChI=1S/C12H14Cl3NO2/c1-8(7-16-12(17)2-3-13)18-11-5-9(14)4-10(15)6-11/h4-6,8H,2-3,7H2,1H3,(H,16,17). The number of hydrogen-bond acceptors (Lipinski definition) is 2. The van der Waals surface area contributed by atoms with Gasteiger partial charge in [-0.3, -0.25) is 4.79 Å². The summed E-state index contributed by atoms with van der Waals surface area (Å²) in [5, 5.41) is 3.74. The molecule has 1 amide bonds. The van der Waals surface area contributed by atoms with Crippen molar-refractivity contribution in [2.24, 2.45) is 0 Å². The highest BCUT2D eigenvalue weighted by Gasteiger charge is 2.07. The van der Waals surface area contributed by atoms with E-state index in [2.05, 4.69) is 5.32 Å². The number of nitrogens with one attached hydrogen (secondary N) is 1. The molecular formula is C12H14Cl3NO2. The van der Waals surface area contributed by atoms with E-state index < -0.39 is 0 Å². The predicted octanol–water partition coefficient (Wildman–Crippen LogP) is 3.51. The summed E-state index contributed by atoms with van der Waals surface area (Å²) in [6.07, 6.45) is 0.121. The molecular weight excluding hydrogens is 296 g/mol. The van der Waals surface area contributed by atoms with E-state index in [1.165, 1.54) is 0 Å². The first-order valence-electron chi connectivity index (χ1n) is 5.46. The van der Waals surface area contributed by atoms with Crippen LogP contribution in [0.25, 0.3) is 0 Å². The lowest BCUT2D eigenvalue weighted by Gasteiger charge is -2.15. The number of hydrogen-bond donors (Lipinski definition) is 1. The van der Waals surface area contributed by atoms with Crippen LogP contribution in [0.2, 0.25) is 10.0 Å². The third kappa shape index (κ3) is 5.80. The largest absolute Gasteiger partial charge is 0.489 e. The van der Waals surface area contributed by atoms with Crippen molar-refractivity contribution in [3.63, 3.8) is 0 Å². The molecule has 6 heteroatoms. The fraction of sp³-hybridized carbons (Fsp3) is 0.417. The van der Waals surface area contributed by atoms with E-state index in [9.17, 15) is 4.79 Å². The van der Waals surface area contributed by atoms with Crippen molar-refractivity contribution in [1.29, 1.82) is 0 Å². The molecule has 0 aliphatic rings. The van der Waals surface area contributed by atoms with Gasteiger partial charge < -0.3 is 10.1 Å². The number of halogens is 3. The van der Waals surface area contributed by atoms with E-state index in [1.54, 1.807) is 18.2 Å². The van der Waals surface area contributed by atoms with Crippen LogP contribution in [0.3, 0.4) is 0 Å². The summed E-state index contributed by atoms with van der Waals surface area (Å²) in [5.74, 6) is 0.793. The third-order valence-electron chi connectivity index (χ3n) is 2.08. The molecule has 1 rings (SSSR count). The van der Waals surface area contributed by atoms with E-state index in [-0.39, 0.29) is 12.0 Å². The van der Waals surface area contributed by atoms with Gasteiger partial charge in [-0.2, -0.15) is 0 Å². The van der Waals surface area contributed by atoms with Gasteiger partial charge in [0.15, 0.2) is 0 Å². The fourth-order valence-electron chi connectivity index (χ4n) is 1.30. The van der Waals surface area contributed by atoms with Gasteiger partial charge in [0.25, 0.3) is 0 Å². The molecule has 1 unspecified atom stereocenters. The molecule has 0 aliphatic heterocycles. The molecule has 1 aromatic rings. The Balaban J connectivity index is 2.44. The number of alkyl halides is 1. The SMILES string of the molecule is CC(CNC(=O)CCCl)Oc1cc(Cl)cc(Cl)c1. The van der Waals surface area contributed by atoms with E-state index in [4.69, 9.17) is 39.5 Å². The van der Waals surface area contributed by atoms with E-state index >= 15 is 0 Å². The Morgan fingerprint density at radius 3 is 2.50 bits per heavy atom. The van der Waals surface area contributed by atoms with E-state index in [0.717, 1.165) is 0 Å². The molecule has 1 N–H and O–H groups in total. The topological polar surface area (TPSA) is 38.3 Å². The minimum Gasteiger partial charge on any atom is -0.489 e. The second-order valence-electron chi connectivity index (χ2n) is 3.78. The molecule has 3 nitrogen and oxygen atoms in total. The summed E-state index contributed by atoms with van der Waals surface area (Å²) in [5.41, 5.74) is 0. The van der Waals surface area contributed by atoms with E-state index in [1.807, 2.05) is 6.92 Å². The zero-order valence-corrected chi connectivity index (χ0v) is 12.1. The van der Waals surface area contributed by atoms with Crippen LogP contribution in [0.5, 0.6) is 5.75 Å². The minimum absolute atomic E-state index is 0.0930. The first-order chi connectivity index (χ1) is 8.51. The number of amides is 1. The summed E-state index contributed by atoms with van der Waals surface area (Å²) in [6, 6.07) is 4.97. The normalized spacial score (nSPS) is 12.0. The molecule has 1 atom stereocenters. The second-order valence-corrected chi connectivity index (χ2v) is 5.03. The molecule has 18 heavy (non-hydrogen) atoms. The second kappa shape index (κ2) is 7.72. The lowest BCUT2D eigenvalue weighted by atomic mass is 10.3. The van der Waals surface area contributed by atoms with Crippen molar-refractivity contribution in [2.45, 2.75) is 19.4 Å². The highest BCUT2D eigenvalue weighted by atomic mass is 35.5. The Morgan fingerprint density at radius 2 is 1.94 bits per heavy atom. The first kappa shape index (κ1) is 15.4. The third-order valence-corrected chi connectivity index (χ3v) is 2.71. The lowest BCUT2D eigenvalue weighted by molar-refractivity contribution is -0.121. The van der Waals surface area contributed by atoms with Crippen molar-refractivity contribution in [3.8, 4) is 5.75 Å². The van der Waals surface area contributed by atoms with Crippen molar-refractivity contribution in [1.82, 2.24) is 5.32 Å². The summed E-state index contributed by atoms with van der Waals surface area (Å²) in [7, 11) is 0. The van der Waals surface area contributed by atoms with Crippen LogP contribution in [-0.2, 0) is 4.79 Å². The van der Waals surface area contributed by atoms with Crippen molar-refractivity contribution < 1.29 is 9.53 Å². The van der Waals surface area contributed by atoms with Gasteiger partial charge in [0.1, 0.15) is 11.9 Å². The lowest BCUT2D eigenvalue weighted by Crippen LogP contribution is -2.33. The van der Waals surface area contributed by atoms with Crippen molar-refractivity contribution >= 4 is 40.7 Å². The van der Waals surface area contributed by atoms with Crippen LogP contribution in [0.1, 0.15) is 13.3 Å². The summed E-state index contributed by atoms with van der Waals surface area (Å²) in [4.78, 5) is 11.2. The Labute approximate surface area is 121 Å². The monoisotopic (exact) mass is 309 g/mol. The highest BCUT2D eigenvalue weighted by Crippen LogP contribution is 2.24. The van der Waals surface area contributed by atoms with Crippen LogP contribution < -0.4 is 10.1 Å². The molecule has 0 heterocycles. The number of rotatable bonds is 6. The zero-order valence-electron chi connectivity index (χ0n) is 9.88. The van der Waals surface area contributed by atoms with E-state index in [0.29, 0.717) is 34.6 Å². The fourth-order valence-corrected chi connectivity index (χ4v) is 1.98. The van der Waals surface area contributed by atoms with Gasteiger partial charge in [-0.05, 0) is 25.1 Å². The zero-order chi connectivity index (χ0) is 13.5. The van der Waals surface area contributed by atoms with Gasteiger partial charge in [0, 0.05) is 22.3 Å². The minimum atomic E-state index is -0.182. The first-order valence-corrected chi connectivity index (χ1v) is 6.75. The Kier molecular flexibility index (Phi) is 6.61. The van der Waals surface area contributed by atoms with Crippen molar-refractivity contribution in [3.05, 3.63) is 28.2 Å². The summed E-state index contributed by atoms with van der Waals surface area (Å²) < 4.78 is 5.59. The molecule has 0 spiro atoms. The average molecular weight is 311 g/mol. The van der Waals surface area contributed by atoms with Gasteiger partial charge in [-0.25, -0.2) is 0 Å². The molecule has 0 radical (unpaired) electrons. The molecule has 0 saturated carbocycles. The van der Waals surface area contributed by atoms with Gasteiger partial charge in [-0.1, -0.05) is 23.2 Å². The highest BCUT2D eigenvalue weighted by molar-refractivity contribution is 6.34. The molecule has 0 fully saturated rings. The van der Waals surface area contributed by atoms with Gasteiger partial charge in [-0.15, -0.1) is 11.6 Å². The van der Waals surface area contributed by atoms with Crippen LogP contribution in [0, 0.1) is 0 Å². The maximum Gasteiger partial charge on any atom is 0.221 e. The van der Waals surface area contributed by atoms with Crippen LogP contribution in [0.15, 0.2) is 18.2 Å². The molecule has 1 aromatic carbocycles. The summed E-state index contributed by atoms with van der Waals surface area (Å²) in [6.45, 7) is 2.25. The number of ether oxygens (including phenoxy) is 1. The van der Waals surface area contributed by atoms with Crippen LogP contribution in [-0.4, -0.2) is 24.4 Å². The van der Waals surface area contributed by atoms with Gasteiger partial charge in [0.2, 0.25) is 5.91 Å². The van der Waals surface area contributed by atoms with Crippen molar-refractivity contribution in [2.75, 3.05) is 12.4 Å². The molecule has 100 valence electrons. The summed E-state index contributed by atoms with van der Waals surface area (Å²) >= 11 is 17.2. The molecule has 0 aromatic heterocycles. The molecule has 0 saturated heterocycles.